The molecule has 94 valence electrons. The molecule has 1 aromatic heterocycles. The average molecular weight is 244 g/mol. The van der Waals surface area contributed by atoms with Crippen molar-refractivity contribution < 1.29 is 9.90 Å². The first-order chi connectivity index (χ1) is 8.74. The van der Waals surface area contributed by atoms with Crippen molar-refractivity contribution in [1.82, 2.24) is 4.98 Å². The average Bonchev–Trinajstić information content (AvgIpc) is 2.38. The van der Waals surface area contributed by atoms with E-state index in [9.17, 15) is 9.90 Å². The van der Waals surface area contributed by atoms with E-state index in [2.05, 4.69) is 17.2 Å². The Bertz CT molecular complexity index is 567. The van der Waals surface area contributed by atoms with Crippen LogP contribution in [-0.2, 0) is 0 Å². The molecule has 0 bridgehead atoms. The number of para-hydroxylation sites is 1. The number of hydrogen-bond acceptors (Lipinski definition) is 3. The van der Waals surface area contributed by atoms with E-state index in [-0.39, 0.29) is 5.56 Å². The van der Waals surface area contributed by atoms with E-state index in [1.165, 1.54) is 6.20 Å². The number of anilines is 1. The largest absolute Gasteiger partial charge is 0.478 e. The minimum absolute atomic E-state index is 0.227. The molecule has 1 aromatic carbocycles. The topological polar surface area (TPSA) is 62.2 Å². The van der Waals surface area contributed by atoms with Gasteiger partial charge in [-0.3, -0.25) is 4.98 Å². The van der Waals surface area contributed by atoms with Gasteiger partial charge in [0.25, 0.3) is 0 Å². The minimum Gasteiger partial charge on any atom is -0.478 e. The Morgan fingerprint density at radius 2 is 2.17 bits per heavy atom. The van der Waals surface area contributed by atoms with Gasteiger partial charge in [0.2, 0.25) is 0 Å². The Morgan fingerprint density at radius 3 is 2.89 bits per heavy atom. The summed E-state index contributed by atoms with van der Waals surface area (Å²) >= 11 is 0. The summed E-state index contributed by atoms with van der Waals surface area (Å²) in [6.07, 6.45) is 3.49. The molecule has 0 aliphatic rings. The lowest BCUT2D eigenvalue weighted by Crippen LogP contribution is -2.08. The zero-order valence-electron chi connectivity index (χ0n) is 10.3. The van der Waals surface area contributed by atoms with E-state index in [0.717, 1.165) is 30.3 Å². The summed E-state index contributed by atoms with van der Waals surface area (Å²) in [5, 5.41) is 13.3. The number of fused-ring (bicyclic) bond motifs is 1. The quantitative estimate of drug-likeness (QED) is 0.793. The van der Waals surface area contributed by atoms with Crippen molar-refractivity contribution in [3.8, 4) is 0 Å². The number of nitrogens with one attached hydrogen (secondary N) is 1. The second-order valence-corrected chi connectivity index (χ2v) is 4.15. The van der Waals surface area contributed by atoms with Crippen LogP contribution in [0.25, 0.3) is 10.9 Å². The SMILES string of the molecule is CCCCNc1c(C(=O)O)cnc2ccccc12. The molecule has 18 heavy (non-hydrogen) atoms. The minimum atomic E-state index is -0.952. The predicted octanol–water partition coefficient (Wildman–Crippen LogP) is 3.15. The van der Waals surface area contributed by atoms with Crippen molar-refractivity contribution in [3.63, 3.8) is 0 Å². The molecule has 0 spiro atoms. The van der Waals surface area contributed by atoms with Gasteiger partial charge in [-0.25, -0.2) is 4.79 Å². The van der Waals surface area contributed by atoms with Crippen LogP contribution in [0.2, 0.25) is 0 Å². The van der Waals surface area contributed by atoms with Gasteiger partial charge in [0.05, 0.1) is 11.2 Å². The third kappa shape index (κ3) is 2.42. The molecule has 4 nitrogen and oxygen atoms in total. The Morgan fingerprint density at radius 1 is 1.39 bits per heavy atom. The van der Waals surface area contributed by atoms with Crippen LogP contribution < -0.4 is 5.32 Å². The van der Waals surface area contributed by atoms with Crippen molar-refractivity contribution in [3.05, 3.63) is 36.0 Å². The number of pyridine rings is 1. The third-order valence-electron chi connectivity index (χ3n) is 2.84. The number of unbranched alkanes of at least 4 members (excludes halogenated alkanes) is 1. The van der Waals surface area contributed by atoms with Gasteiger partial charge in [-0.05, 0) is 12.5 Å². The number of aromatic nitrogens is 1. The van der Waals surface area contributed by atoms with Crippen LogP contribution >= 0.6 is 0 Å². The van der Waals surface area contributed by atoms with Gasteiger partial charge < -0.3 is 10.4 Å². The number of carboxylic acid groups (broad SMARTS) is 1. The number of benzene rings is 1. The molecule has 0 saturated heterocycles. The van der Waals surface area contributed by atoms with Crippen molar-refractivity contribution >= 4 is 22.6 Å². The van der Waals surface area contributed by atoms with Crippen LogP contribution in [0.5, 0.6) is 0 Å². The third-order valence-corrected chi connectivity index (χ3v) is 2.84. The van der Waals surface area contributed by atoms with Crippen LogP contribution in [0, 0.1) is 0 Å². The molecule has 0 unspecified atom stereocenters. The highest BCUT2D eigenvalue weighted by Gasteiger charge is 2.13. The van der Waals surface area contributed by atoms with Gasteiger partial charge in [0.1, 0.15) is 5.56 Å². The smallest absolute Gasteiger partial charge is 0.339 e. The molecular formula is C14H16N2O2. The lowest BCUT2D eigenvalue weighted by Gasteiger charge is -2.12. The Kier molecular flexibility index (Phi) is 3.77. The summed E-state index contributed by atoms with van der Waals surface area (Å²) in [6.45, 7) is 2.87. The van der Waals surface area contributed by atoms with Crippen LogP contribution in [-0.4, -0.2) is 22.6 Å². The molecule has 2 rings (SSSR count). The summed E-state index contributed by atoms with van der Waals surface area (Å²) < 4.78 is 0. The van der Waals surface area contributed by atoms with Crippen LogP contribution in [0.1, 0.15) is 30.1 Å². The molecule has 0 aliphatic carbocycles. The van der Waals surface area contributed by atoms with Crippen LogP contribution in [0.15, 0.2) is 30.5 Å². The standard InChI is InChI=1S/C14H16N2O2/c1-2-3-8-15-13-10-6-4-5-7-12(10)16-9-11(13)14(17)18/h4-7,9H,2-3,8H2,1H3,(H,15,16)(H,17,18). The first kappa shape index (κ1) is 12.4. The highest BCUT2D eigenvalue weighted by atomic mass is 16.4. The zero-order valence-corrected chi connectivity index (χ0v) is 10.3. The number of nitrogens with zero attached hydrogens (tertiary/aromatic N) is 1. The summed E-state index contributed by atoms with van der Waals surface area (Å²) in [5.41, 5.74) is 1.70. The van der Waals surface area contributed by atoms with Gasteiger partial charge in [-0.1, -0.05) is 31.5 Å². The maximum absolute atomic E-state index is 11.2. The summed E-state index contributed by atoms with van der Waals surface area (Å²) in [5.74, 6) is -0.952. The molecule has 0 fully saturated rings. The zero-order chi connectivity index (χ0) is 13.0. The van der Waals surface area contributed by atoms with Gasteiger partial charge >= 0.3 is 5.97 Å². The Balaban J connectivity index is 2.48. The molecule has 2 N–H and O–H groups in total. The molecule has 1 heterocycles. The molecule has 0 atom stereocenters. The van der Waals surface area contributed by atoms with E-state index in [1.807, 2.05) is 24.3 Å². The maximum Gasteiger partial charge on any atom is 0.339 e. The predicted molar refractivity (Wildman–Crippen MR) is 72.1 cm³/mol. The summed E-state index contributed by atoms with van der Waals surface area (Å²) in [7, 11) is 0. The fourth-order valence-electron chi connectivity index (χ4n) is 1.88. The van der Waals surface area contributed by atoms with Gasteiger partial charge in [-0.15, -0.1) is 0 Å². The second-order valence-electron chi connectivity index (χ2n) is 4.15. The van der Waals surface area contributed by atoms with Crippen molar-refractivity contribution in [2.24, 2.45) is 0 Å². The molecule has 4 heteroatoms. The Hall–Kier alpha value is -2.10. The number of carbonyl (C=O) groups is 1. The van der Waals surface area contributed by atoms with Gasteiger partial charge in [-0.2, -0.15) is 0 Å². The summed E-state index contributed by atoms with van der Waals surface area (Å²) in [4.78, 5) is 15.4. The number of hydrogen-bond donors (Lipinski definition) is 2. The van der Waals surface area contributed by atoms with Crippen molar-refractivity contribution in [2.75, 3.05) is 11.9 Å². The monoisotopic (exact) mass is 244 g/mol. The van der Waals surface area contributed by atoms with E-state index < -0.39 is 5.97 Å². The van der Waals surface area contributed by atoms with Gasteiger partial charge in [0, 0.05) is 18.1 Å². The van der Waals surface area contributed by atoms with E-state index >= 15 is 0 Å². The van der Waals surface area contributed by atoms with Crippen LogP contribution in [0.3, 0.4) is 0 Å². The normalized spacial score (nSPS) is 10.5. The Labute approximate surface area is 106 Å². The van der Waals surface area contributed by atoms with E-state index in [1.54, 1.807) is 0 Å². The molecule has 0 radical (unpaired) electrons. The van der Waals surface area contributed by atoms with E-state index in [4.69, 9.17) is 0 Å². The van der Waals surface area contributed by atoms with Crippen molar-refractivity contribution in [2.45, 2.75) is 19.8 Å². The van der Waals surface area contributed by atoms with E-state index in [0.29, 0.717) is 5.69 Å². The molecule has 0 amide bonds. The lowest BCUT2D eigenvalue weighted by atomic mass is 10.1. The first-order valence-corrected chi connectivity index (χ1v) is 6.09. The molecule has 0 aliphatic heterocycles. The highest BCUT2D eigenvalue weighted by molar-refractivity contribution is 6.04. The molecule has 0 saturated carbocycles. The summed E-state index contributed by atoms with van der Waals surface area (Å²) in [6, 6.07) is 7.56. The maximum atomic E-state index is 11.2. The second kappa shape index (κ2) is 5.49. The lowest BCUT2D eigenvalue weighted by molar-refractivity contribution is 0.0697. The van der Waals surface area contributed by atoms with Crippen molar-refractivity contribution in [1.29, 1.82) is 0 Å². The fraction of sp³-hybridized carbons (Fsp3) is 0.286. The highest BCUT2D eigenvalue weighted by Crippen LogP contribution is 2.25. The molecule has 2 aromatic rings. The van der Waals surface area contributed by atoms with Gasteiger partial charge in [0.15, 0.2) is 0 Å². The fourth-order valence-corrected chi connectivity index (χ4v) is 1.88. The number of carboxylic acids is 1. The molecular weight excluding hydrogens is 228 g/mol. The first-order valence-electron chi connectivity index (χ1n) is 6.09. The number of rotatable bonds is 5. The number of aromatic carboxylic acids is 1. The van der Waals surface area contributed by atoms with Crippen LogP contribution in [0.4, 0.5) is 5.69 Å².